The van der Waals surface area contributed by atoms with E-state index < -0.39 is 0 Å². The molecule has 0 radical (unpaired) electrons. The van der Waals surface area contributed by atoms with E-state index in [4.69, 9.17) is 9.15 Å². The van der Waals surface area contributed by atoms with Gasteiger partial charge in [0.1, 0.15) is 0 Å². The van der Waals surface area contributed by atoms with E-state index in [9.17, 15) is 9.59 Å². The van der Waals surface area contributed by atoms with E-state index in [0.29, 0.717) is 19.8 Å². The van der Waals surface area contributed by atoms with Crippen LogP contribution in [0.5, 0.6) is 0 Å². The molecule has 2 amide bonds. The largest absolute Gasteiger partial charge is 0.459 e. The molecule has 0 aliphatic carbocycles. The van der Waals surface area contributed by atoms with Crippen LogP contribution in [0.25, 0.3) is 0 Å². The second-order valence-electron chi connectivity index (χ2n) is 5.22. The number of carbonyl (C=O) groups excluding carboxylic acids is 2. The maximum atomic E-state index is 11.8. The Labute approximate surface area is 111 Å². The van der Waals surface area contributed by atoms with E-state index in [0.717, 1.165) is 0 Å². The molecule has 0 unspecified atom stereocenters. The minimum absolute atomic E-state index is 0.0104. The van der Waals surface area contributed by atoms with Gasteiger partial charge in [0.15, 0.2) is 5.76 Å². The normalized spacial score (nSPS) is 16.5. The summed E-state index contributed by atoms with van der Waals surface area (Å²) >= 11 is 0. The Morgan fingerprint density at radius 1 is 1.47 bits per heavy atom. The van der Waals surface area contributed by atoms with Crippen molar-refractivity contribution in [2.75, 3.05) is 33.4 Å². The summed E-state index contributed by atoms with van der Waals surface area (Å²) in [5.41, 5.74) is 0.0270. The monoisotopic (exact) mass is 266 g/mol. The van der Waals surface area contributed by atoms with Crippen molar-refractivity contribution in [3.63, 3.8) is 0 Å². The van der Waals surface area contributed by atoms with Crippen molar-refractivity contribution in [2.24, 2.45) is 5.41 Å². The summed E-state index contributed by atoms with van der Waals surface area (Å²) in [5, 5.41) is 2.81. The van der Waals surface area contributed by atoms with Crippen molar-refractivity contribution in [3.8, 4) is 0 Å². The number of hydrogen-bond acceptors (Lipinski definition) is 4. The molecule has 1 aliphatic rings. The Balaban J connectivity index is 1.77. The number of nitrogens with one attached hydrogen (secondary N) is 1. The summed E-state index contributed by atoms with van der Waals surface area (Å²) in [4.78, 5) is 24.9. The molecule has 0 bridgehead atoms. The molecule has 0 atom stereocenters. The molecular formula is C13H18N2O4. The Hall–Kier alpha value is -1.82. The van der Waals surface area contributed by atoms with E-state index in [-0.39, 0.29) is 29.5 Å². The van der Waals surface area contributed by atoms with Crippen molar-refractivity contribution >= 4 is 11.8 Å². The summed E-state index contributed by atoms with van der Waals surface area (Å²) in [7, 11) is 1.57. The first-order valence-corrected chi connectivity index (χ1v) is 6.14. The van der Waals surface area contributed by atoms with Crippen LogP contribution >= 0.6 is 0 Å². The second kappa shape index (κ2) is 5.44. The Morgan fingerprint density at radius 2 is 2.21 bits per heavy atom. The number of carbonyl (C=O) groups is 2. The maximum absolute atomic E-state index is 11.8. The molecule has 1 N–H and O–H groups in total. The number of likely N-dealkylation sites (N-methyl/N-ethyl adjacent to an activating group) is 1. The fraction of sp³-hybridized carbons (Fsp3) is 0.538. The number of ether oxygens (including phenoxy) is 1. The predicted octanol–water partition coefficient (Wildman–Crippen LogP) is 0.504. The minimum atomic E-state index is -0.307. The molecule has 1 aliphatic heterocycles. The standard InChI is InChI=1S/C13H18N2O4/c1-13(8-18-9-13)7-14-11(16)6-15(2)12(17)10-4-3-5-19-10/h3-5H,6-9H2,1-2H3,(H,14,16). The van der Waals surface area contributed by atoms with Crippen LogP contribution in [0.15, 0.2) is 22.8 Å². The average Bonchev–Trinajstić information content (AvgIpc) is 2.86. The van der Waals surface area contributed by atoms with Gasteiger partial charge in [-0.3, -0.25) is 9.59 Å². The van der Waals surface area contributed by atoms with E-state index in [2.05, 4.69) is 12.2 Å². The van der Waals surface area contributed by atoms with Crippen LogP contribution in [0.3, 0.4) is 0 Å². The summed E-state index contributed by atoms with van der Waals surface area (Å²) in [5.74, 6) is -0.261. The molecule has 1 aromatic heterocycles. The van der Waals surface area contributed by atoms with E-state index >= 15 is 0 Å². The Bertz CT molecular complexity index is 451. The first kappa shape index (κ1) is 13.6. The summed E-state index contributed by atoms with van der Waals surface area (Å²) in [6.45, 7) is 3.95. The Morgan fingerprint density at radius 3 is 2.74 bits per heavy atom. The maximum Gasteiger partial charge on any atom is 0.289 e. The molecule has 104 valence electrons. The highest BCUT2D eigenvalue weighted by molar-refractivity contribution is 5.94. The lowest BCUT2D eigenvalue weighted by molar-refractivity contribution is -0.127. The lowest BCUT2D eigenvalue weighted by Crippen LogP contribution is -2.50. The van der Waals surface area contributed by atoms with Gasteiger partial charge < -0.3 is 19.4 Å². The molecule has 0 aromatic carbocycles. The third kappa shape index (κ3) is 3.35. The van der Waals surface area contributed by atoms with E-state index in [1.54, 1.807) is 19.2 Å². The van der Waals surface area contributed by atoms with Crippen molar-refractivity contribution in [3.05, 3.63) is 24.2 Å². The van der Waals surface area contributed by atoms with Gasteiger partial charge in [-0.25, -0.2) is 0 Å². The van der Waals surface area contributed by atoms with Crippen molar-refractivity contribution in [1.82, 2.24) is 10.2 Å². The smallest absolute Gasteiger partial charge is 0.289 e. The van der Waals surface area contributed by atoms with Gasteiger partial charge in [0.2, 0.25) is 5.91 Å². The molecule has 19 heavy (non-hydrogen) atoms. The number of nitrogens with zero attached hydrogens (tertiary/aromatic N) is 1. The molecule has 2 rings (SSSR count). The molecule has 1 aromatic rings. The van der Waals surface area contributed by atoms with Crippen LogP contribution in [-0.2, 0) is 9.53 Å². The van der Waals surface area contributed by atoms with Gasteiger partial charge in [0, 0.05) is 19.0 Å². The quantitative estimate of drug-likeness (QED) is 0.842. The molecule has 1 saturated heterocycles. The molecule has 6 nitrogen and oxygen atoms in total. The number of hydrogen-bond donors (Lipinski definition) is 1. The summed E-state index contributed by atoms with van der Waals surface area (Å²) < 4.78 is 10.1. The van der Waals surface area contributed by atoms with E-state index in [1.807, 2.05) is 0 Å². The van der Waals surface area contributed by atoms with Gasteiger partial charge in [-0.1, -0.05) is 6.92 Å². The average molecular weight is 266 g/mol. The van der Waals surface area contributed by atoms with Gasteiger partial charge in [0.05, 0.1) is 26.0 Å². The zero-order valence-corrected chi connectivity index (χ0v) is 11.1. The van der Waals surface area contributed by atoms with Gasteiger partial charge in [0.25, 0.3) is 5.91 Å². The fourth-order valence-electron chi connectivity index (χ4n) is 1.80. The van der Waals surface area contributed by atoms with Gasteiger partial charge in [-0.2, -0.15) is 0 Å². The zero-order chi connectivity index (χ0) is 13.9. The highest BCUT2D eigenvalue weighted by Crippen LogP contribution is 2.24. The van der Waals surface area contributed by atoms with Gasteiger partial charge >= 0.3 is 0 Å². The van der Waals surface area contributed by atoms with Gasteiger partial charge in [-0.05, 0) is 12.1 Å². The SMILES string of the molecule is CN(CC(=O)NCC1(C)COC1)C(=O)c1ccco1. The molecule has 1 fully saturated rings. The number of rotatable bonds is 5. The molecule has 0 saturated carbocycles. The molecular weight excluding hydrogens is 248 g/mol. The first-order valence-electron chi connectivity index (χ1n) is 6.14. The third-order valence-electron chi connectivity index (χ3n) is 3.07. The van der Waals surface area contributed by atoms with Crippen molar-refractivity contribution < 1.29 is 18.7 Å². The minimum Gasteiger partial charge on any atom is -0.459 e. The third-order valence-corrected chi connectivity index (χ3v) is 3.07. The lowest BCUT2D eigenvalue weighted by atomic mass is 9.89. The summed E-state index contributed by atoms with van der Waals surface area (Å²) in [6.07, 6.45) is 1.43. The topological polar surface area (TPSA) is 71.8 Å². The van der Waals surface area contributed by atoms with Crippen LogP contribution in [0, 0.1) is 5.41 Å². The molecule has 2 heterocycles. The van der Waals surface area contributed by atoms with Crippen molar-refractivity contribution in [2.45, 2.75) is 6.92 Å². The lowest BCUT2D eigenvalue weighted by Gasteiger charge is -2.38. The van der Waals surface area contributed by atoms with Gasteiger partial charge in [-0.15, -0.1) is 0 Å². The number of amides is 2. The fourth-order valence-corrected chi connectivity index (χ4v) is 1.80. The molecule has 6 heteroatoms. The Kier molecular flexibility index (Phi) is 3.90. The zero-order valence-electron chi connectivity index (χ0n) is 11.1. The molecule has 0 spiro atoms. The highest BCUT2D eigenvalue weighted by Gasteiger charge is 2.33. The van der Waals surface area contributed by atoms with Crippen LogP contribution in [0.4, 0.5) is 0 Å². The predicted molar refractivity (Wildman–Crippen MR) is 67.6 cm³/mol. The number of furan rings is 1. The summed E-state index contributed by atoms with van der Waals surface area (Å²) in [6, 6.07) is 3.21. The van der Waals surface area contributed by atoms with Crippen molar-refractivity contribution in [1.29, 1.82) is 0 Å². The van der Waals surface area contributed by atoms with E-state index in [1.165, 1.54) is 11.2 Å². The van der Waals surface area contributed by atoms with Crippen LogP contribution < -0.4 is 5.32 Å². The first-order chi connectivity index (χ1) is 9.00. The second-order valence-corrected chi connectivity index (χ2v) is 5.22. The highest BCUT2D eigenvalue weighted by atomic mass is 16.5. The van der Waals surface area contributed by atoms with Crippen LogP contribution in [0.2, 0.25) is 0 Å². The van der Waals surface area contributed by atoms with Crippen LogP contribution in [0.1, 0.15) is 17.5 Å². The van der Waals surface area contributed by atoms with Crippen LogP contribution in [-0.4, -0.2) is 50.1 Å².